The molecule has 6 nitrogen and oxygen atoms in total. The summed E-state index contributed by atoms with van der Waals surface area (Å²) in [6.45, 7) is 2.73. The van der Waals surface area contributed by atoms with Crippen molar-refractivity contribution in [3.05, 3.63) is 108 Å². The van der Waals surface area contributed by atoms with Gasteiger partial charge in [-0.1, -0.05) is 72.8 Å². The molecule has 1 amide bonds. The predicted octanol–water partition coefficient (Wildman–Crippen LogP) is 4.63. The second-order valence-electron chi connectivity index (χ2n) is 8.58. The number of hydrogen-bond donors (Lipinski definition) is 0. The van der Waals surface area contributed by atoms with E-state index in [9.17, 15) is 4.79 Å². The fourth-order valence-electron chi connectivity index (χ4n) is 4.54. The minimum absolute atomic E-state index is 0.140. The summed E-state index contributed by atoms with van der Waals surface area (Å²) in [5.74, 6) is 1.46. The average molecular weight is 465 g/mol. The maximum atomic E-state index is 13.7. The van der Waals surface area contributed by atoms with Gasteiger partial charge in [0.1, 0.15) is 5.75 Å². The molecule has 0 saturated carbocycles. The molecule has 0 bridgehead atoms. The van der Waals surface area contributed by atoms with Gasteiger partial charge in [0.15, 0.2) is 5.82 Å². The number of anilines is 1. The van der Waals surface area contributed by atoms with Crippen LogP contribution in [-0.2, 0) is 4.79 Å². The second kappa shape index (κ2) is 10.4. The van der Waals surface area contributed by atoms with Gasteiger partial charge in [0.05, 0.1) is 18.7 Å². The number of piperazine rings is 1. The van der Waals surface area contributed by atoms with Gasteiger partial charge in [0, 0.05) is 31.7 Å². The number of nitrogens with zero attached hydrogens (tertiary/aromatic N) is 4. The van der Waals surface area contributed by atoms with E-state index in [0.29, 0.717) is 13.1 Å². The number of aromatic nitrogens is 2. The van der Waals surface area contributed by atoms with Gasteiger partial charge in [-0.3, -0.25) is 4.79 Å². The first-order valence-corrected chi connectivity index (χ1v) is 11.8. The van der Waals surface area contributed by atoms with Crippen molar-refractivity contribution in [2.45, 2.75) is 5.92 Å². The monoisotopic (exact) mass is 464 g/mol. The molecule has 2 heterocycles. The summed E-state index contributed by atoms with van der Waals surface area (Å²) in [5.41, 5.74) is 3.80. The minimum Gasteiger partial charge on any atom is -0.497 e. The summed E-state index contributed by atoms with van der Waals surface area (Å²) >= 11 is 0. The fraction of sp³-hybridized carbons (Fsp3) is 0.207. The zero-order valence-corrected chi connectivity index (χ0v) is 19.7. The highest BCUT2D eigenvalue weighted by atomic mass is 16.5. The normalized spacial score (nSPS) is 13.7. The smallest absolute Gasteiger partial charge is 0.234 e. The summed E-state index contributed by atoms with van der Waals surface area (Å²) in [4.78, 5) is 17.8. The van der Waals surface area contributed by atoms with Crippen molar-refractivity contribution in [2.75, 3.05) is 38.2 Å². The molecule has 176 valence electrons. The molecule has 3 aromatic carbocycles. The Labute approximate surface area is 205 Å². The number of methoxy groups -OCH3 is 1. The van der Waals surface area contributed by atoms with Crippen molar-refractivity contribution >= 4 is 11.7 Å². The van der Waals surface area contributed by atoms with Gasteiger partial charge < -0.3 is 14.5 Å². The van der Waals surface area contributed by atoms with Crippen molar-refractivity contribution in [1.82, 2.24) is 15.1 Å². The number of ether oxygens (including phenoxy) is 1. The molecule has 1 fully saturated rings. The standard InChI is InChI=1S/C29H28N4O2/c1-35-25-14-8-13-24(21-25)26-15-16-27(31-30-26)32-17-19-33(20-18-32)29(34)28(22-9-4-2-5-10-22)23-11-6-3-7-12-23/h2-16,21,28H,17-20H2,1H3. The molecule has 0 spiro atoms. The maximum absolute atomic E-state index is 13.7. The van der Waals surface area contributed by atoms with E-state index in [4.69, 9.17) is 4.74 Å². The quantitative estimate of drug-likeness (QED) is 0.416. The molecule has 1 aliphatic rings. The first-order chi connectivity index (χ1) is 17.2. The zero-order chi connectivity index (χ0) is 24.0. The second-order valence-corrected chi connectivity index (χ2v) is 8.58. The van der Waals surface area contributed by atoms with Crippen LogP contribution < -0.4 is 9.64 Å². The molecule has 6 heteroatoms. The van der Waals surface area contributed by atoms with Crippen molar-refractivity contribution in [1.29, 1.82) is 0 Å². The Kier molecular flexibility index (Phi) is 6.70. The van der Waals surface area contributed by atoms with E-state index >= 15 is 0 Å². The van der Waals surface area contributed by atoms with E-state index in [1.165, 1.54) is 0 Å². The van der Waals surface area contributed by atoms with Gasteiger partial charge in [-0.15, -0.1) is 10.2 Å². The molecular formula is C29H28N4O2. The van der Waals surface area contributed by atoms with Gasteiger partial charge in [-0.2, -0.15) is 0 Å². The van der Waals surface area contributed by atoms with E-state index in [-0.39, 0.29) is 11.8 Å². The summed E-state index contributed by atoms with van der Waals surface area (Å²) < 4.78 is 5.31. The first-order valence-electron chi connectivity index (χ1n) is 11.8. The first kappa shape index (κ1) is 22.6. The lowest BCUT2D eigenvalue weighted by Crippen LogP contribution is -2.50. The number of carbonyl (C=O) groups excluding carboxylic acids is 1. The molecule has 4 aromatic rings. The SMILES string of the molecule is COc1cccc(-c2ccc(N3CCN(C(=O)C(c4ccccc4)c4ccccc4)CC3)nn2)c1. The Morgan fingerprint density at radius 1 is 0.771 bits per heavy atom. The van der Waals surface area contributed by atoms with E-state index in [1.54, 1.807) is 7.11 Å². The van der Waals surface area contributed by atoms with E-state index in [0.717, 1.165) is 47.0 Å². The van der Waals surface area contributed by atoms with Gasteiger partial charge >= 0.3 is 0 Å². The van der Waals surface area contributed by atoms with Crippen LogP contribution in [0.2, 0.25) is 0 Å². The van der Waals surface area contributed by atoms with Crippen molar-refractivity contribution < 1.29 is 9.53 Å². The lowest BCUT2D eigenvalue weighted by Gasteiger charge is -2.37. The Balaban J connectivity index is 1.27. The Hall–Kier alpha value is -4.19. The summed E-state index contributed by atoms with van der Waals surface area (Å²) in [7, 11) is 1.65. The third kappa shape index (κ3) is 5.01. The molecule has 0 radical (unpaired) electrons. The number of hydrogen-bond acceptors (Lipinski definition) is 5. The minimum atomic E-state index is -0.300. The topological polar surface area (TPSA) is 58.6 Å². The molecule has 0 unspecified atom stereocenters. The molecule has 0 atom stereocenters. The van der Waals surface area contributed by atoms with Crippen LogP contribution >= 0.6 is 0 Å². The van der Waals surface area contributed by atoms with Crippen LogP contribution in [0.4, 0.5) is 5.82 Å². The zero-order valence-electron chi connectivity index (χ0n) is 19.7. The van der Waals surface area contributed by atoms with Gasteiger partial charge in [-0.05, 0) is 35.4 Å². The van der Waals surface area contributed by atoms with E-state index in [1.807, 2.05) is 102 Å². The predicted molar refractivity (Wildman–Crippen MR) is 138 cm³/mol. The molecule has 1 saturated heterocycles. The highest BCUT2D eigenvalue weighted by molar-refractivity contribution is 5.87. The van der Waals surface area contributed by atoms with Crippen molar-refractivity contribution in [3.63, 3.8) is 0 Å². The molecule has 0 aliphatic carbocycles. The highest BCUT2D eigenvalue weighted by Gasteiger charge is 2.30. The average Bonchev–Trinajstić information content (AvgIpc) is 2.94. The van der Waals surface area contributed by atoms with Crippen molar-refractivity contribution in [2.24, 2.45) is 0 Å². The largest absolute Gasteiger partial charge is 0.497 e. The van der Waals surface area contributed by atoms with E-state index < -0.39 is 0 Å². The number of carbonyl (C=O) groups is 1. The lowest BCUT2D eigenvalue weighted by molar-refractivity contribution is -0.132. The van der Waals surface area contributed by atoms with Crippen LogP contribution in [0.1, 0.15) is 17.0 Å². The summed E-state index contributed by atoms with van der Waals surface area (Å²) in [5, 5.41) is 8.90. The molecule has 5 rings (SSSR count). The van der Waals surface area contributed by atoms with Crippen LogP contribution in [0.3, 0.4) is 0 Å². The van der Waals surface area contributed by atoms with Crippen molar-refractivity contribution in [3.8, 4) is 17.0 Å². The summed E-state index contributed by atoms with van der Waals surface area (Å²) in [6, 6.07) is 31.8. The third-order valence-corrected chi connectivity index (χ3v) is 6.44. The fourth-order valence-corrected chi connectivity index (χ4v) is 4.54. The molecule has 1 aliphatic heterocycles. The van der Waals surface area contributed by atoms with Crippen LogP contribution in [-0.4, -0.2) is 54.3 Å². The van der Waals surface area contributed by atoms with Crippen LogP contribution in [0, 0.1) is 0 Å². The Morgan fingerprint density at radius 2 is 1.43 bits per heavy atom. The molecule has 35 heavy (non-hydrogen) atoms. The van der Waals surface area contributed by atoms with Crippen LogP contribution in [0.25, 0.3) is 11.3 Å². The lowest BCUT2D eigenvalue weighted by atomic mass is 9.90. The Morgan fingerprint density at radius 3 is 2.00 bits per heavy atom. The van der Waals surface area contributed by atoms with Crippen LogP contribution in [0.5, 0.6) is 5.75 Å². The number of amides is 1. The molecular weight excluding hydrogens is 436 g/mol. The van der Waals surface area contributed by atoms with Crippen LogP contribution in [0.15, 0.2) is 97.1 Å². The Bertz CT molecular complexity index is 1220. The van der Waals surface area contributed by atoms with Gasteiger partial charge in [0.25, 0.3) is 0 Å². The maximum Gasteiger partial charge on any atom is 0.234 e. The van der Waals surface area contributed by atoms with Gasteiger partial charge in [-0.25, -0.2) is 0 Å². The van der Waals surface area contributed by atoms with E-state index in [2.05, 4.69) is 15.1 Å². The number of benzene rings is 3. The third-order valence-electron chi connectivity index (χ3n) is 6.44. The van der Waals surface area contributed by atoms with Gasteiger partial charge in [0.2, 0.25) is 5.91 Å². The summed E-state index contributed by atoms with van der Waals surface area (Å²) in [6.07, 6.45) is 0. The molecule has 0 N–H and O–H groups in total. The highest BCUT2D eigenvalue weighted by Crippen LogP contribution is 2.28. The number of rotatable bonds is 6. The molecule has 1 aromatic heterocycles.